The average Bonchev–Trinajstić information content (AvgIpc) is 2.85. The molecule has 3 rings (SSSR count). The molecule has 6 nitrogen and oxygen atoms in total. The van der Waals surface area contributed by atoms with Crippen molar-refractivity contribution < 1.29 is 0 Å². The summed E-state index contributed by atoms with van der Waals surface area (Å²) in [7, 11) is 0. The molecule has 1 aromatic carbocycles. The standard InChI is InChI=1S/C12H10Cl2N6/c13-7-2-1-6(3-8(7)14)4-16-12-19-9-10(15)17-5-18-11(9)20-12/h1-3,5H,4H2,(H4,15,16,17,18,19,20). The summed E-state index contributed by atoms with van der Waals surface area (Å²) in [5.41, 5.74) is 7.85. The number of benzene rings is 1. The first-order chi connectivity index (χ1) is 9.63. The molecule has 0 spiro atoms. The van der Waals surface area contributed by atoms with Crippen molar-refractivity contribution in [1.29, 1.82) is 0 Å². The van der Waals surface area contributed by atoms with Crippen LogP contribution in [0.4, 0.5) is 11.8 Å². The van der Waals surface area contributed by atoms with E-state index in [0.29, 0.717) is 39.5 Å². The maximum atomic E-state index is 5.96. The summed E-state index contributed by atoms with van der Waals surface area (Å²) in [6, 6.07) is 5.44. The lowest BCUT2D eigenvalue weighted by Crippen LogP contribution is -2.00. The Morgan fingerprint density at radius 3 is 2.80 bits per heavy atom. The van der Waals surface area contributed by atoms with Gasteiger partial charge in [0.1, 0.15) is 11.8 Å². The molecule has 2 aromatic heterocycles. The number of nitrogen functional groups attached to an aromatic ring is 1. The van der Waals surface area contributed by atoms with Crippen molar-refractivity contribution >= 4 is 46.1 Å². The van der Waals surface area contributed by atoms with Crippen molar-refractivity contribution in [3.05, 3.63) is 40.1 Å². The molecule has 102 valence electrons. The molecule has 2 heterocycles. The fraction of sp³-hybridized carbons (Fsp3) is 0.0833. The van der Waals surface area contributed by atoms with Gasteiger partial charge in [0, 0.05) is 6.54 Å². The number of aromatic amines is 1. The Bertz CT molecular complexity index is 770. The zero-order valence-electron chi connectivity index (χ0n) is 10.2. The molecule has 0 amide bonds. The highest BCUT2D eigenvalue weighted by molar-refractivity contribution is 6.42. The molecule has 0 aliphatic heterocycles. The largest absolute Gasteiger partial charge is 0.382 e. The van der Waals surface area contributed by atoms with Gasteiger partial charge in [0.2, 0.25) is 5.95 Å². The summed E-state index contributed by atoms with van der Waals surface area (Å²) < 4.78 is 0. The number of halogens is 2. The first-order valence-electron chi connectivity index (χ1n) is 5.77. The second-order valence-electron chi connectivity index (χ2n) is 4.14. The van der Waals surface area contributed by atoms with Crippen LogP contribution in [-0.2, 0) is 6.54 Å². The number of rotatable bonds is 3. The second kappa shape index (κ2) is 5.15. The van der Waals surface area contributed by atoms with Gasteiger partial charge in [-0.05, 0) is 17.7 Å². The predicted octanol–water partition coefficient (Wildman–Crippen LogP) is 2.85. The number of aromatic nitrogens is 4. The zero-order chi connectivity index (χ0) is 14.1. The van der Waals surface area contributed by atoms with Crippen molar-refractivity contribution in [3.8, 4) is 0 Å². The van der Waals surface area contributed by atoms with Crippen molar-refractivity contribution in [2.24, 2.45) is 0 Å². The minimum atomic E-state index is 0.366. The van der Waals surface area contributed by atoms with Gasteiger partial charge in [-0.15, -0.1) is 0 Å². The molecule has 8 heteroatoms. The van der Waals surface area contributed by atoms with E-state index in [0.717, 1.165) is 5.56 Å². The average molecular weight is 309 g/mol. The summed E-state index contributed by atoms with van der Waals surface area (Å²) in [4.78, 5) is 15.2. The van der Waals surface area contributed by atoms with Crippen LogP contribution in [0, 0.1) is 0 Å². The van der Waals surface area contributed by atoms with Gasteiger partial charge in [0.15, 0.2) is 11.5 Å². The molecular weight excluding hydrogens is 299 g/mol. The van der Waals surface area contributed by atoms with E-state index in [1.807, 2.05) is 6.07 Å². The molecule has 0 radical (unpaired) electrons. The third kappa shape index (κ3) is 2.48. The van der Waals surface area contributed by atoms with Crippen LogP contribution in [0.25, 0.3) is 11.2 Å². The lowest BCUT2D eigenvalue weighted by Gasteiger charge is -2.04. The van der Waals surface area contributed by atoms with Gasteiger partial charge >= 0.3 is 0 Å². The van der Waals surface area contributed by atoms with Gasteiger partial charge in [0.25, 0.3) is 0 Å². The summed E-state index contributed by atoms with van der Waals surface area (Å²) in [6.45, 7) is 0.546. The van der Waals surface area contributed by atoms with E-state index in [1.165, 1.54) is 6.33 Å². The van der Waals surface area contributed by atoms with Crippen molar-refractivity contribution in [2.75, 3.05) is 11.1 Å². The predicted molar refractivity (Wildman–Crippen MR) is 79.9 cm³/mol. The van der Waals surface area contributed by atoms with Gasteiger partial charge in [-0.3, -0.25) is 0 Å². The highest BCUT2D eigenvalue weighted by Gasteiger charge is 2.07. The number of nitrogens with one attached hydrogen (secondary N) is 2. The SMILES string of the molecule is Nc1ncnc2nc(NCc3ccc(Cl)c(Cl)c3)[nH]c12. The molecule has 0 aliphatic rings. The molecule has 0 aliphatic carbocycles. The van der Waals surface area contributed by atoms with Gasteiger partial charge in [-0.2, -0.15) is 4.98 Å². The van der Waals surface area contributed by atoms with Gasteiger partial charge < -0.3 is 16.0 Å². The van der Waals surface area contributed by atoms with Crippen LogP contribution in [-0.4, -0.2) is 19.9 Å². The van der Waals surface area contributed by atoms with Crippen molar-refractivity contribution in [2.45, 2.75) is 6.54 Å². The number of H-pyrrole nitrogens is 1. The smallest absolute Gasteiger partial charge is 0.203 e. The van der Waals surface area contributed by atoms with Gasteiger partial charge in [-0.1, -0.05) is 29.3 Å². The van der Waals surface area contributed by atoms with E-state index < -0.39 is 0 Å². The summed E-state index contributed by atoms with van der Waals surface area (Å²) in [5, 5.41) is 4.18. The van der Waals surface area contributed by atoms with E-state index >= 15 is 0 Å². The minimum Gasteiger partial charge on any atom is -0.382 e. The quantitative estimate of drug-likeness (QED) is 0.692. The molecule has 0 saturated heterocycles. The molecule has 0 atom stereocenters. The summed E-state index contributed by atoms with van der Waals surface area (Å²) in [6.07, 6.45) is 1.38. The normalized spacial score (nSPS) is 10.9. The number of anilines is 2. The van der Waals surface area contributed by atoms with E-state index in [4.69, 9.17) is 28.9 Å². The minimum absolute atomic E-state index is 0.366. The van der Waals surface area contributed by atoms with E-state index in [9.17, 15) is 0 Å². The molecule has 3 aromatic rings. The first-order valence-corrected chi connectivity index (χ1v) is 6.53. The zero-order valence-corrected chi connectivity index (χ0v) is 11.7. The van der Waals surface area contributed by atoms with Gasteiger partial charge in [-0.25, -0.2) is 9.97 Å². The van der Waals surface area contributed by atoms with Crippen LogP contribution in [0.5, 0.6) is 0 Å². The molecule has 0 fully saturated rings. The molecule has 20 heavy (non-hydrogen) atoms. The topological polar surface area (TPSA) is 92.5 Å². The summed E-state index contributed by atoms with van der Waals surface area (Å²) in [5.74, 6) is 0.934. The number of nitrogens with two attached hydrogens (primary N) is 1. The Morgan fingerprint density at radius 1 is 1.20 bits per heavy atom. The second-order valence-corrected chi connectivity index (χ2v) is 4.96. The fourth-order valence-corrected chi connectivity index (χ4v) is 2.09. The highest BCUT2D eigenvalue weighted by Crippen LogP contribution is 2.23. The highest BCUT2D eigenvalue weighted by atomic mass is 35.5. The third-order valence-corrected chi connectivity index (χ3v) is 3.50. The van der Waals surface area contributed by atoms with Crippen LogP contribution < -0.4 is 11.1 Å². The molecular formula is C12H10Cl2N6. The van der Waals surface area contributed by atoms with Gasteiger partial charge in [0.05, 0.1) is 10.0 Å². The third-order valence-electron chi connectivity index (χ3n) is 2.76. The first kappa shape index (κ1) is 13.0. The molecule has 4 N–H and O–H groups in total. The number of hydrogen-bond acceptors (Lipinski definition) is 5. The maximum absolute atomic E-state index is 5.96. The Morgan fingerprint density at radius 2 is 2.05 bits per heavy atom. The number of hydrogen-bond donors (Lipinski definition) is 3. The van der Waals surface area contributed by atoms with E-state index in [2.05, 4.69) is 25.3 Å². The lowest BCUT2D eigenvalue weighted by molar-refractivity contribution is 1.10. The van der Waals surface area contributed by atoms with Crippen molar-refractivity contribution in [1.82, 2.24) is 19.9 Å². The number of fused-ring (bicyclic) bond motifs is 1. The molecule has 0 unspecified atom stereocenters. The maximum Gasteiger partial charge on any atom is 0.203 e. The van der Waals surface area contributed by atoms with Crippen molar-refractivity contribution in [3.63, 3.8) is 0 Å². The Hall–Kier alpha value is -2.05. The monoisotopic (exact) mass is 308 g/mol. The fourth-order valence-electron chi connectivity index (χ4n) is 1.77. The number of nitrogens with zero attached hydrogens (tertiary/aromatic N) is 3. The van der Waals surface area contributed by atoms with Crippen LogP contribution >= 0.6 is 23.2 Å². The van der Waals surface area contributed by atoms with Crippen LogP contribution in [0.1, 0.15) is 5.56 Å². The number of imidazole rings is 1. The molecule has 0 bridgehead atoms. The summed E-state index contributed by atoms with van der Waals surface area (Å²) >= 11 is 11.8. The van der Waals surface area contributed by atoms with E-state index in [1.54, 1.807) is 12.1 Å². The Balaban J connectivity index is 1.79. The Labute approximate surface area is 124 Å². The van der Waals surface area contributed by atoms with E-state index in [-0.39, 0.29) is 0 Å². The molecule has 0 saturated carbocycles. The van der Waals surface area contributed by atoms with Crippen LogP contribution in [0.3, 0.4) is 0 Å². The lowest BCUT2D eigenvalue weighted by atomic mass is 10.2. The Kier molecular flexibility index (Phi) is 3.33. The van der Waals surface area contributed by atoms with Crippen LogP contribution in [0.15, 0.2) is 24.5 Å². The van der Waals surface area contributed by atoms with Crippen LogP contribution in [0.2, 0.25) is 10.0 Å².